The van der Waals surface area contributed by atoms with Crippen molar-refractivity contribution in [1.29, 1.82) is 0 Å². The SMILES string of the molecule is CC1[C@@H](O[C@@H]2C(C(=O)O)CCC(O)[C@H]2O)OC(CO)[C@@H](O)[C@@H]1O.O=C(O)C1CCC(O)[C@@H](O)[C@@H]1O. The topological polar surface area (TPSA) is 255 Å². The van der Waals surface area contributed by atoms with E-state index in [9.17, 15) is 45.3 Å². The summed E-state index contributed by atoms with van der Waals surface area (Å²) in [5.41, 5.74) is 0. The second kappa shape index (κ2) is 12.7. The van der Waals surface area contributed by atoms with Crippen LogP contribution in [0, 0.1) is 17.8 Å². The van der Waals surface area contributed by atoms with Gasteiger partial charge in [-0.25, -0.2) is 0 Å². The van der Waals surface area contributed by atoms with E-state index in [1.54, 1.807) is 0 Å². The fourth-order valence-electron chi connectivity index (χ4n) is 4.54. The molecule has 14 nitrogen and oxygen atoms in total. The smallest absolute Gasteiger partial charge is 0.309 e. The number of aliphatic hydroxyl groups is 8. The van der Waals surface area contributed by atoms with E-state index in [1.165, 1.54) is 6.92 Å². The molecule has 1 saturated heterocycles. The van der Waals surface area contributed by atoms with Gasteiger partial charge in [-0.1, -0.05) is 6.92 Å². The van der Waals surface area contributed by atoms with Crippen molar-refractivity contribution in [2.75, 3.05) is 6.61 Å². The molecule has 0 amide bonds. The number of aliphatic carboxylic acids is 2. The molecule has 0 aromatic rings. The highest BCUT2D eigenvalue weighted by Crippen LogP contribution is 2.33. The van der Waals surface area contributed by atoms with Gasteiger partial charge in [-0.05, 0) is 25.7 Å². The highest BCUT2D eigenvalue weighted by atomic mass is 16.7. The minimum Gasteiger partial charge on any atom is -0.481 e. The van der Waals surface area contributed by atoms with Crippen LogP contribution in [0.4, 0.5) is 0 Å². The molecule has 0 spiro atoms. The molecule has 3 aliphatic rings. The number of carboxylic acid groups (broad SMARTS) is 2. The molecule has 204 valence electrons. The van der Waals surface area contributed by atoms with Gasteiger partial charge in [0.05, 0.1) is 42.9 Å². The molecule has 3 rings (SSSR count). The van der Waals surface area contributed by atoms with Crippen LogP contribution in [-0.4, -0.2) is 131 Å². The molecule has 10 N–H and O–H groups in total. The highest BCUT2D eigenvalue weighted by Gasteiger charge is 2.48. The number of carboxylic acids is 2. The molecule has 14 heteroatoms. The lowest BCUT2D eigenvalue weighted by Crippen LogP contribution is -2.59. The predicted octanol–water partition coefficient (Wildman–Crippen LogP) is -3.77. The summed E-state index contributed by atoms with van der Waals surface area (Å²) in [4.78, 5) is 21.8. The van der Waals surface area contributed by atoms with Crippen molar-refractivity contribution in [3.05, 3.63) is 0 Å². The van der Waals surface area contributed by atoms with Crippen LogP contribution in [0.5, 0.6) is 0 Å². The van der Waals surface area contributed by atoms with E-state index in [-0.39, 0.29) is 25.7 Å². The van der Waals surface area contributed by atoms with Gasteiger partial charge in [0.1, 0.15) is 30.5 Å². The lowest BCUT2D eigenvalue weighted by atomic mass is 9.82. The average molecular weight is 513 g/mol. The first-order valence-corrected chi connectivity index (χ1v) is 11.5. The fourth-order valence-corrected chi connectivity index (χ4v) is 4.54. The van der Waals surface area contributed by atoms with Crippen LogP contribution >= 0.6 is 0 Å². The number of carbonyl (C=O) groups is 2. The summed E-state index contributed by atoms with van der Waals surface area (Å²) >= 11 is 0. The Balaban J connectivity index is 0.000000303. The monoisotopic (exact) mass is 512 g/mol. The molecule has 1 aliphatic heterocycles. The van der Waals surface area contributed by atoms with Crippen LogP contribution in [0.1, 0.15) is 32.6 Å². The Morgan fingerprint density at radius 3 is 1.77 bits per heavy atom. The number of aliphatic hydroxyl groups excluding tert-OH is 8. The maximum absolute atomic E-state index is 11.3. The predicted molar refractivity (Wildman–Crippen MR) is 113 cm³/mol. The van der Waals surface area contributed by atoms with E-state index in [2.05, 4.69) is 0 Å². The van der Waals surface area contributed by atoms with Crippen molar-refractivity contribution in [2.45, 2.75) is 93.8 Å². The van der Waals surface area contributed by atoms with Gasteiger partial charge >= 0.3 is 11.9 Å². The Kier molecular flexibility index (Phi) is 10.8. The average Bonchev–Trinajstić information content (AvgIpc) is 2.80. The summed E-state index contributed by atoms with van der Waals surface area (Å²) in [7, 11) is 0. The van der Waals surface area contributed by atoms with E-state index in [4.69, 9.17) is 24.8 Å². The fraction of sp³-hybridized carbons (Fsp3) is 0.905. The zero-order valence-corrected chi connectivity index (χ0v) is 19.1. The Bertz CT molecular complexity index is 704. The largest absolute Gasteiger partial charge is 0.481 e. The quantitative estimate of drug-likeness (QED) is 0.170. The molecule has 35 heavy (non-hydrogen) atoms. The molecule has 1 heterocycles. The van der Waals surface area contributed by atoms with Gasteiger partial charge in [0.25, 0.3) is 0 Å². The summed E-state index contributed by atoms with van der Waals surface area (Å²) in [5.74, 6) is -4.99. The van der Waals surface area contributed by atoms with Gasteiger partial charge in [0.2, 0.25) is 0 Å². The van der Waals surface area contributed by atoms with Gasteiger partial charge in [-0.3, -0.25) is 9.59 Å². The lowest BCUT2D eigenvalue weighted by molar-refractivity contribution is -0.311. The van der Waals surface area contributed by atoms with Gasteiger partial charge in [-0.15, -0.1) is 0 Å². The first-order valence-electron chi connectivity index (χ1n) is 11.5. The normalized spacial score (nSPS) is 46.3. The number of hydrogen-bond donors (Lipinski definition) is 10. The van der Waals surface area contributed by atoms with Crippen molar-refractivity contribution in [1.82, 2.24) is 0 Å². The van der Waals surface area contributed by atoms with Crippen LogP contribution in [0.2, 0.25) is 0 Å². The van der Waals surface area contributed by atoms with Crippen LogP contribution in [-0.2, 0) is 19.1 Å². The van der Waals surface area contributed by atoms with Gasteiger partial charge in [0, 0.05) is 5.92 Å². The number of rotatable bonds is 5. The number of ether oxygens (including phenoxy) is 2. The Hall–Kier alpha value is -1.46. The van der Waals surface area contributed by atoms with Crippen molar-refractivity contribution in [2.24, 2.45) is 17.8 Å². The maximum atomic E-state index is 11.3. The second-order valence-electron chi connectivity index (χ2n) is 9.32. The number of hydrogen-bond acceptors (Lipinski definition) is 12. The third-order valence-electron chi connectivity index (χ3n) is 6.94. The third kappa shape index (κ3) is 6.85. The molecule has 0 aromatic heterocycles. The lowest BCUT2D eigenvalue weighted by Gasteiger charge is -2.44. The van der Waals surface area contributed by atoms with Crippen molar-refractivity contribution >= 4 is 11.9 Å². The van der Waals surface area contributed by atoms with E-state index in [0.29, 0.717) is 0 Å². The van der Waals surface area contributed by atoms with E-state index >= 15 is 0 Å². The Morgan fingerprint density at radius 1 is 0.743 bits per heavy atom. The first-order chi connectivity index (χ1) is 16.3. The van der Waals surface area contributed by atoms with Crippen LogP contribution in [0.15, 0.2) is 0 Å². The summed E-state index contributed by atoms with van der Waals surface area (Å²) in [5, 5.41) is 93.9. The van der Waals surface area contributed by atoms with Gasteiger partial charge in [-0.2, -0.15) is 0 Å². The van der Waals surface area contributed by atoms with Crippen LogP contribution < -0.4 is 0 Å². The van der Waals surface area contributed by atoms with E-state index in [1.807, 2.05) is 0 Å². The minimum absolute atomic E-state index is 0.133. The molecule has 6 unspecified atom stereocenters. The molecule has 0 aromatic carbocycles. The van der Waals surface area contributed by atoms with Crippen LogP contribution in [0.3, 0.4) is 0 Å². The molecule has 0 bridgehead atoms. The maximum Gasteiger partial charge on any atom is 0.309 e. The van der Waals surface area contributed by atoms with Crippen molar-refractivity contribution in [3.63, 3.8) is 0 Å². The molecule has 0 radical (unpaired) electrons. The molecule has 13 atom stereocenters. The van der Waals surface area contributed by atoms with Crippen molar-refractivity contribution < 1.29 is 70.1 Å². The molecule has 3 fully saturated rings. The van der Waals surface area contributed by atoms with E-state index in [0.717, 1.165) is 0 Å². The molecular formula is C21H36O14. The standard InChI is InChI=1S/C14H24O9.C7H12O5/c1-5-9(17)11(19)8(4-15)22-14(5)23-12-6(13(20)21)2-3-7(16)10(12)18;8-4-2-1-3(7(11)12)5(9)6(4)10/h5-12,14-19H,2-4H2,1H3,(H,20,21);3-6,8-10H,1-2H2,(H,11,12)/t5?,6?,7?,8?,9-,10-,11-,12-,14-;3?,4?,5-,6-/m11/s1. The van der Waals surface area contributed by atoms with E-state index < -0.39 is 97.5 Å². The summed E-state index contributed by atoms with van der Waals surface area (Å²) in [6, 6.07) is 0. The second-order valence-corrected chi connectivity index (χ2v) is 9.32. The van der Waals surface area contributed by atoms with Gasteiger partial charge in [0.15, 0.2) is 6.29 Å². The summed E-state index contributed by atoms with van der Waals surface area (Å²) < 4.78 is 10.9. The third-order valence-corrected chi connectivity index (χ3v) is 6.94. The van der Waals surface area contributed by atoms with Crippen LogP contribution in [0.25, 0.3) is 0 Å². The Morgan fingerprint density at radius 2 is 1.26 bits per heavy atom. The van der Waals surface area contributed by atoms with Gasteiger partial charge < -0.3 is 60.5 Å². The molecule has 2 saturated carbocycles. The minimum atomic E-state index is -1.41. The Labute approximate surface area is 201 Å². The zero-order valence-electron chi connectivity index (χ0n) is 19.1. The summed E-state index contributed by atoms with van der Waals surface area (Å²) in [6.45, 7) is 0.983. The molecule has 2 aliphatic carbocycles. The first kappa shape index (κ1) is 29.8. The highest BCUT2D eigenvalue weighted by molar-refractivity contribution is 5.71. The molecular weight excluding hydrogens is 476 g/mol. The summed E-state index contributed by atoms with van der Waals surface area (Å²) in [6.07, 6.45) is -11.5. The van der Waals surface area contributed by atoms with Crippen molar-refractivity contribution in [3.8, 4) is 0 Å². The zero-order chi connectivity index (χ0) is 26.6.